The van der Waals surface area contributed by atoms with Crippen LogP contribution in [0.2, 0.25) is 0 Å². The Balaban J connectivity index is 0.00000225. The molecule has 0 saturated carbocycles. The molecule has 1 heterocycles. The molecule has 136 valence electrons. The van der Waals surface area contributed by atoms with E-state index in [1.807, 2.05) is 24.4 Å². The molecule has 1 aromatic heterocycles. The molecule has 0 radical (unpaired) electrons. The predicted molar refractivity (Wildman–Crippen MR) is 106 cm³/mol. The lowest BCUT2D eigenvalue weighted by Gasteiger charge is -2.33. The zero-order valence-electron chi connectivity index (χ0n) is 14.8. The number of nitrogens with zero attached hydrogens (tertiary/aromatic N) is 2. The number of hydrogen-bond donors (Lipinski definition) is 1. The lowest BCUT2D eigenvalue weighted by molar-refractivity contribution is 0.0709. The van der Waals surface area contributed by atoms with E-state index < -0.39 is 0 Å². The van der Waals surface area contributed by atoms with Gasteiger partial charge in [-0.15, -0.1) is 23.7 Å². The molecule has 1 aliphatic carbocycles. The maximum atomic E-state index is 12.9. The van der Waals surface area contributed by atoms with Crippen LogP contribution in [0.1, 0.15) is 51.9 Å². The SMILES string of the molecule is CNCCCc1nc(C(=O)N(C)[C@@H]2CCCc3ccccc32)cs1.Cl. The fourth-order valence-corrected chi connectivity index (χ4v) is 4.21. The molecule has 3 rings (SSSR count). The third kappa shape index (κ3) is 4.60. The van der Waals surface area contributed by atoms with Crippen molar-refractivity contribution < 1.29 is 4.79 Å². The van der Waals surface area contributed by atoms with Gasteiger partial charge >= 0.3 is 0 Å². The summed E-state index contributed by atoms with van der Waals surface area (Å²) in [5.74, 6) is 0.0350. The van der Waals surface area contributed by atoms with Gasteiger partial charge in [-0.1, -0.05) is 24.3 Å². The van der Waals surface area contributed by atoms with Crippen LogP contribution in [0.3, 0.4) is 0 Å². The quantitative estimate of drug-likeness (QED) is 0.775. The van der Waals surface area contributed by atoms with Gasteiger partial charge in [0.15, 0.2) is 0 Å². The highest BCUT2D eigenvalue weighted by Gasteiger charge is 2.28. The van der Waals surface area contributed by atoms with Crippen LogP contribution >= 0.6 is 23.7 Å². The summed E-state index contributed by atoms with van der Waals surface area (Å²) in [5, 5.41) is 6.09. The molecule has 4 nitrogen and oxygen atoms in total. The second kappa shape index (κ2) is 9.32. The molecule has 0 aliphatic heterocycles. The second-order valence-electron chi connectivity index (χ2n) is 6.36. The van der Waals surface area contributed by atoms with Crippen LogP contribution in [-0.2, 0) is 12.8 Å². The van der Waals surface area contributed by atoms with Crippen molar-refractivity contribution in [3.8, 4) is 0 Å². The van der Waals surface area contributed by atoms with Crippen molar-refractivity contribution in [1.29, 1.82) is 0 Å². The Kier molecular flexibility index (Phi) is 7.41. The van der Waals surface area contributed by atoms with Gasteiger partial charge in [0.25, 0.3) is 5.91 Å². The summed E-state index contributed by atoms with van der Waals surface area (Å²) in [7, 11) is 3.86. The molecule has 0 spiro atoms. The van der Waals surface area contributed by atoms with Gasteiger partial charge in [0.05, 0.1) is 11.0 Å². The van der Waals surface area contributed by atoms with Gasteiger partial charge in [-0.3, -0.25) is 4.79 Å². The minimum atomic E-state index is 0. The molecule has 0 saturated heterocycles. The van der Waals surface area contributed by atoms with Crippen molar-refractivity contribution in [3.63, 3.8) is 0 Å². The first-order valence-electron chi connectivity index (χ1n) is 8.64. The van der Waals surface area contributed by atoms with Crippen molar-refractivity contribution in [1.82, 2.24) is 15.2 Å². The molecule has 1 amide bonds. The Bertz CT molecular complexity index is 703. The Labute approximate surface area is 160 Å². The van der Waals surface area contributed by atoms with E-state index in [9.17, 15) is 4.79 Å². The van der Waals surface area contributed by atoms with Crippen LogP contribution in [0, 0.1) is 0 Å². The van der Waals surface area contributed by atoms with Crippen LogP contribution in [0.5, 0.6) is 0 Å². The average molecular weight is 380 g/mol. The van der Waals surface area contributed by atoms with E-state index in [2.05, 4.69) is 34.6 Å². The molecule has 0 bridgehead atoms. The zero-order valence-corrected chi connectivity index (χ0v) is 16.5. The topological polar surface area (TPSA) is 45.2 Å². The Morgan fingerprint density at radius 2 is 2.20 bits per heavy atom. The highest BCUT2D eigenvalue weighted by atomic mass is 35.5. The average Bonchev–Trinajstić information content (AvgIpc) is 3.09. The monoisotopic (exact) mass is 379 g/mol. The number of thiazole rings is 1. The molecule has 25 heavy (non-hydrogen) atoms. The lowest BCUT2D eigenvalue weighted by atomic mass is 9.87. The van der Waals surface area contributed by atoms with Gasteiger partial charge in [-0.25, -0.2) is 4.98 Å². The number of carbonyl (C=O) groups is 1. The summed E-state index contributed by atoms with van der Waals surface area (Å²) in [6.07, 6.45) is 5.24. The highest BCUT2D eigenvalue weighted by molar-refractivity contribution is 7.09. The van der Waals surface area contributed by atoms with E-state index in [4.69, 9.17) is 0 Å². The number of rotatable bonds is 6. The molecule has 1 aliphatic rings. The lowest BCUT2D eigenvalue weighted by Crippen LogP contribution is -2.33. The maximum Gasteiger partial charge on any atom is 0.273 e. The van der Waals surface area contributed by atoms with Gasteiger partial charge in [0.1, 0.15) is 5.69 Å². The second-order valence-corrected chi connectivity index (χ2v) is 7.30. The van der Waals surface area contributed by atoms with Crippen molar-refractivity contribution in [2.24, 2.45) is 0 Å². The van der Waals surface area contributed by atoms with Crippen molar-refractivity contribution >= 4 is 29.7 Å². The summed E-state index contributed by atoms with van der Waals surface area (Å²) < 4.78 is 0. The van der Waals surface area contributed by atoms with Gasteiger partial charge in [-0.05, 0) is 50.4 Å². The van der Waals surface area contributed by atoms with Crippen molar-refractivity contribution in [2.45, 2.75) is 38.1 Å². The molecule has 1 N–H and O–H groups in total. The van der Waals surface area contributed by atoms with E-state index >= 15 is 0 Å². The fourth-order valence-electron chi connectivity index (χ4n) is 3.39. The largest absolute Gasteiger partial charge is 0.333 e. The van der Waals surface area contributed by atoms with Crippen LogP contribution in [0.15, 0.2) is 29.6 Å². The van der Waals surface area contributed by atoms with Gasteiger partial charge in [0, 0.05) is 18.8 Å². The molecular formula is C19H26ClN3OS. The van der Waals surface area contributed by atoms with Crippen LogP contribution in [0.4, 0.5) is 0 Å². The number of fused-ring (bicyclic) bond motifs is 1. The van der Waals surface area contributed by atoms with Gasteiger partial charge in [-0.2, -0.15) is 0 Å². The number of hydrogen-bond acceptors (Lipinski definition) is 4. The number of nitrogens with one attached hydrogen (secondary N) is 1. The van der Waals surface area contributed by atoms with Crippen LogP contribution in [-0.4, -0.2) is 36.4 Å². The fraction of sp³-hybridized carbons (Fsp3) is 0.474. The maximum absolute atomic E-state index is 12.9. The molecule has 0 unspecified atom stereocenters. The molecular weight excluding hydrogens is 354 g/mol. The summed E-state index contributed by atoms with van der Waals surface area (Å²) in [6, 6.07) is 8.66. The standard InChI is InChI=1S/C19H25N3OS.ClH/c1-20-12-6-11-18-21-16(13-24-18)19(23)22(2)17-10-5-8-14-7-3-4-9-15(14)17;/h3-4,7,9,13,17,20H,5-6,8,10-12H2,1-2H3;1H/t17-;/m1./s1. The summed E-state index contributed by atoms with van der Waals surface area (Å²) >= 11 is 1.59. The molecule has 0 fully saturated rings. The van der Waals surface area contributed by atoms with Crippen molar-refractivity contribution in [3.05, 3.63) is 51.5 Å². The number of carbonyl (C=O) groups excluding carboxylic acids is 1. The van der Waals surface area contributed by atoms with E-state index in [0.717, 1.165) is 43.7 Å². The van der Waals surface area contributed by atoms with E-state index in [0.29, 0.717) is 5.69 Å². The minimum absolute atomic E-state index is 0. The van der Waals surface area contributed by atoms with Crippen molar-refractivity contribution in [2.75, 3.05) is 20.6 Å². The third-order valence-corrected chi connectivity index (χ3v) is 5.62. The number of benzene rings is 1. The molecule has 6 heteroatoms. The number of amides is 1. The predicted octanol–water partition coefficient (Wildman–Crippen LogP) is 3.87. The first-order chi connectivity index (χ1) is 11.7. The van der Waals surface area contributed by atoms with E-state index in [-0.39, 0.29) is 24.4 Å². The van der Waals surface area contributed by atoms with E-state index in [1.54, 1.807) is 11.3 Å². The molecule has 1 atom stereocenters. The van der Waals surface area contributed by atoms with Gasteiger partial charge in [0.2, 0.25) is 0 Å². The highest BCUT2D eigenvalue weighted by Crippen LogP contribution is 2.34. The Morgan fingerprint density at radius 1 is 1.40 bits per heavy atom. The number of halogens is 1. The minimum Gasteiger partial charge on any atom is -0.333 e. The smallest absolute Gasteiger partial charge is 0.273 e. The first kappa shape index (κ1) is 19.9. The summed E-state index contributed by atoms with van der Waals surface area (Å²) in [4.78, 5) is 19.3. The Hall–Kier alpha value is -1.43. The zero-order chi connectivity index (χ0) is 16.9. The van der Waals surface area contributed by atoms with Gasteiger partial charge < -0.3 is 10.2 Å². The molecule has 2 aromatic rings. The first-order valence-corrected chi connectivity index (χ1v) is 9.52. The third-order valence-electron chi connectivity index (χ3n) is 4.71. The van der Waals surface area contributed by atoms with Crippen LogP contribution in [0.25, 0.3) is 0 Å². The Morgan fingerprint density at radius 3 is 3.00 bits per heavy atom. The summed E-state index contributed by atoms with van der Waals surface area (Å²) in [5.41, 5.74) is 3.26. The molecule has 1 aromatic carbocycles. The van der Waals surface area contributed by atoms with Crippen LogP contribution < -0.4 is 5.32 Å². The summed E-state index contributed by atoms with van der Waals surface area (Å²) in [6.45, 7) is 0.974. The number of aryl methyl sites for hydroxylation is 2. The normalized spacial score (nSPS) is 16.0. The number of aromatic nitrogens is 1. The van der Waals surface area contributed by atoms with E-state index in [1.165, 1.54) is 11.1 Å².